The topological polar surface area (TPSA) is 38.0 Å². The molecule has 2 heteroatoms. The molecule has 0 unspecified atom stereocenters. The quantitative estimate of drug-likeness (QED) is 0.822. The molecule has 0 radical (unpaired) electrons. The van der Waals surface area contributed by atoms with Crippen LogP contribution in [0.1, 0.15) is 11.1 Å². The third-order valence-corrected chi connectivity index (χ3v) is 2.78. The van der Waals surface area contributed by atoms with Crippen molar-refractivity contribution in [1.29, 1.82) is 0 Å². The molecule has 0 aliphatic carbocycles. The van der Waals surface area contributed by atoms with Gasteiger partial charge in [0.2, 0.25) is 0 Å². The van der Waals surface area contributed by atoms with Crippen molar-refractivity contribution in [3.8, 4) is 0 Å². The number of nitrogens with two attached hydrogens (primary N) is 1. The number of hydrogen-bond acceptors (Lipinski definition) is 2. The minimum absolute atomic E-state index is 0.601. The second-order valence-corrected chi connectivity index (χ2v) is 4.06. The normalized spacial score (nSPS) is 10.2. The van der Waals surface area contributed by atoms with E-state index in [-0.39, 0.29) is 0 Å². The molecule has 3 N–H and O–H groups in total. The molecule has 0 atom stereocenters. The third-order valence-electron chi connectivity index (χ3n) is 2.78. The van der Waals surface area contributed by atoms with Crippen LogP contribution in [0.15, 0.2) is 54.6 Å². The van der Waals surface area contributed by atoms with E-state index in [0.717, 1.165) is 18.7 Å². The van der Waals surface area contributed by atoms with Gasteiger partial charge >= 0.3 is 0 Å². The van der Waals surface area contributed by atoms with Gasteiger partial charge in [-0.3, -0.25) is 0 Å². The van der Waals surface area contributed by atoms with Gasteiger partial charge in [-0.1, -0.05) is 42.5 Å². The predicted molar refractivity (Wildman–Crippen MR) is 73.0 cm³/mol. The number of hydrogen-bond donors (Lipinski definition) is 2. The molecule has 0 aliphatic heterocycles. The van der Waals surface area contributed by atoms with Crippen LogP contribution in [-0.4, -0.2) is 6.54 Å². The van der Waals surface area contributed by atoms with E-state index in [1.807, 2.05) is 6.07 Å². The van der Waals surface area contributed by atoms with Gasteiger partial charge < -0.3 is 11.1 Å². The van der Waals surface area contributed by atoms with Gasteiger partial charge in [0.05, 0.1) is 0 Å². The Morgan fingerprint density at radius 3 is 2.18 bits per heavy atom. The average Bonchev–Trinajstić information content (AvgIpc) is 2.41. The Hall–Kier alpha value is -1.80. The molecule has 2 aromatic rings. The summed E-state index contributed by atoms with van der Waals surface area (Å²) in [4.78, 5) is 0. The lowest BCUT2D eigenvalue weighted by Crippen LogP contribution is -2.05. The van der Waals surface area contributed by atoms with Crippen molar-refractivity contribution >= 4 is 5.69 Å². The third kappa shape index (κ3) is 3.61. The molecular weight excluding hydrogens is 208 g/mol. The van der Waals surface area contributed by atoms with Gasteiger partial charge in [-0.25, -0.2) is 0 Å². The highest BCUT2D eigenvalue weighted by molar-refractivity contribution is 5.44. The Morgan fingerprint density at radius 1 is 0.824 bits per heavy atom. The fourth-order valence-electron chi connectivity index (χ4n) is 1.75. The molecule has 0 amide bonds. The molecule has 0 saturated carbocycles. The molecule has 0 bridgehead atoms. The number of nitrogens with one attached hydrogen (secondary N) is 1. The van der Waals surface area contributed by atoms with Crippen molar-refractivity contribution in [3.63, 3.8) is 0 Å². The maximum Gasteiger partial charge on any atom is 0.0340 e. The van der Waals surface area contributed by atoms with Gasteiger partial charge in [-0.05, 0) is 29.7 Å². The molecule has 2 nitrogen and oxygen atoms in total. The molecule has 0 aliphatic rings. The van der Waals surface area contributed by atoms with Crippen LogP contribution < -0.4 is 11.1 Å². The SMILES string of the molecule is NCc1ccc(NCCc2ccccc2)cc1. The first-order chi connectivity index (χ1) is 8.38. The molecule has 17 heavy (non-hydrogen) atoms. The van der Waals surface area contributed by atoms with Gasteiger partial charge in [0.25, 0.3) is 0 Å². The van der Waals surface area contributed by atoms with Crippen molar-refractivity contribution in [3.05, 3.63) is 65.7 Å². The molecule has 2 aromatic carbocycles. The van der Waals surface area contributed by atoms with E-state index < -0.39 is 0 Å². The minimum atomic E-state index is 0.601. The highest BCUT2D eigenvalue weighted by atomic mass is 14.9. The smallest absolute Gasteiger partial charge is 0.0340 e. The molecule has 0 aromatic heterocycles. The lowest BCUT2D eigenvalue weighted by atomic mass is 10.1. The van der Waals surface area contributed by atoms with Crippen LogP contribution >= 0.6 is 0 Å². The zero-order chi connectivity index (χ0) is 11.9. The van der Waals surface area contributed by atoms with Gasteiger partial charge in [0.1, 0.15) is 0 Å². The monoisotopic (exact) mass is 226 g/mol. The fourth-order valence-corrected chi connectivity index (χ4v) is 1.75. The van der Waals surface area contributed by atoms with Crippen LogP contribution in [0.2, 0.25) is 0 Å². The van der Waals surface area contributed by atoms with Gasteiger partial charge in [-0.2, -0.15) is 0 Å². The van der Waals surface area contributed by atoms with E-state index in [1.165, 1.54) is 11.1 Å². The average molecular weight is 226 g/mol. The second-order valence-electron chi connectivity index (χ2n) is 4.06. The standard InChI is InChI=1S/C15H18N2/c16-12-14-6-8-15(9-7-14)17-11-10-13-4-2-1-3-5-13/h1-9,17H,10-12,16H2. The van der Waals surface area contributed by atoms with Crippen LogP contribution in [0.5, 0.6) is 0 Å². The molecule has 0 spiro atoms. The first kappa shape index (κ1) is 11.7. The first-order valence-electron chi connectivity index (χ1n) is 5.95. The number of anilines is 1. The summed E-state index contributed by atoms with van der Waals surface area (Å²) in [7, 11) is 0. The van der Waals surface area contributed by atoms with E-state index >= 15 is 0 Å². The number of benzene rings is 2. The van der Waals surface area contributed by atoms with Gasteiger partial charge in [-0.15, -0.1) is 0 Å². The minimum Gasteiger partial charge on any atom is -0.385 e. The highest BCUT2D eigenvalue weighted by Gasteiger charge is 1.94. The van der Waals surface area contributed by atoms with Crippen LogP contribution in [-0.2, 0) is 13.0 Å². The van der Waals surface area contributed by atoms with Crippen molar-refractivity contribution in [1.82, 2.24) is 0 Å². The summed E-state index contributed by atoms with van der Waals surface area (Å²) < 4.78 is 0. The zero-order valence-electron chi connectivity index (χ0n) is 9.89. The lowest BCUT2D eigenvalue weighted by molar-refractivity contribution is 1.02. The van der Waals surface area contributed by atoms with E-state index in [1.54, 1.807) is 0 Å². The fraction of sp³-hybridized carbons (Fsp3) is 0.200. The van der Waals surface area contributed by atoms with Crippen molar-refractivity contribution < 1.29 is 0 Å². The Kier molecular flexibility index (Phi) is 4.17. The largest absolute Gasteiger partial charge is 0.385 e. The van der Waals surface area contributed by atoms with E-state index in [0.29, 0.717) is 6.54 Å². The maximum absolute atomic E-state index is 5.56. The van der Waals surface area contributed by atoms with Crippen LogP contribution in [0.4, 0.5) is 5.69 Å². The summed E-state index contributed by atoms with van der Waals surface area (Å²) in [5.41, 5.74) is 9.23. The summed E-state index contributed by atoms with van der Waals surface area (Å²) in [5, 5.41) is 3.40. The summed E-state index contributed by atoms with van der Waals surface area (Å²) in [6, 6.07) is 18.8. The van der Waals surface area contributed by atoms with Crippen LogP contribution in [0, 0.1) is 0 Å². The molecule has 0 saturated heterocycles. The van der Waals surface area contributed by atoms with Crippen LogP contribution in [0.3, 0.4) is 0 Å². The molecular formula is C15H18N2. The molecule has 0 heterocycles. The van der Waals surface area contributed by atoms with E-state index in [9.17, 15) is 0 Å². The van der Waals surface area contributed by atoms with E-state index in [2.05, 4.69) is 53.8 Å². The Balaban J connectivity index is 1.82. The van der Waals surface area contributed by atoms with Crippen molar-refractivity contribution in [2.75, 3.05) is 11.9 Å². The number of rotatable bonds is 5. The summed E-state index contributed by atoms with van der Waals surface area (Å²) in [6.45, 7) is 1.55. The van der Waals surface area contributed by atoms with Crippen LogP contribution in [0.25, 0.3) is 0 Å². The summed E-state index contributed by atoms with van der Waals surface area (Å²) in [5.74, 6) is 0. The van der Waals surface area contributed by atoms with Crippen molar-refractivity contribution in [2.24, 2.45) is 5.73 Å². The molecule has 88 valence electrons. The van der Waals surface area contributed by atoms with Crippen molar-refractivity contribution in [2.45, 2.75) is 13.0 Å². The summed E-state index contributed by atoms with van der Waals surface area (Å²) in [6.07, 6.45) is 1.04. The Labute approximate surface area is 102 Å². The second kappa shape index (κ2) is 6.06. The Bertz CT molecular complexity index is 434. The molecule has 0 fully saturated rings. The van der Waals surface area contributed by atoms with Gasteiger partial charge in [0.15, 0.2) is 0 Å². The predicted octanol–water partition coefficient (Wildman–Crippen LogP) is 2.80. The van der Waals surface area contributed by atoms with E-state index in [4.69, 9.17) is 5.73 Å². The highest BCUT2D eigenvalue weighted by Crippen LogP contribution is 2.09. The Morgan fingerprint density at radius 2 is 1.53 bits per heavy atom. The molecule has 2 rings (SSSR count). The lowest BCUT2D eigenvalue weighted by Gasteiger charge is -2.07. The summed E-state index contributed by atoms with van der Waals surface area (Å²) >= 11 is 0. The van der Waals surface area contributed by atoms with Gasteiger partial charge in [0, 0.05) is 18.8 Å². The maximum atomic E-state index is 5.56. The first-order valence-corrected chi connectivity index (χ1v) is 5.95. The zero-order valence-corrected chi connectivity index (χ0v) is 9.89.